The molecule has 0 aliphatic heterocycles. The lowest BCUT2D eigenvalue weighted by atomic mass is 10.1. The van der Waals surface area contributed by atoms with E-state index in [9.17, 15) is 18.7 Å². The van der Waals surface area contributed by atoms with Gasteiger partial charge in [0.05, 0.1) is 12.0 Å². The van der Waals surface area contributed by atoms with Gasteiger partial charge in [-0.3, -0.25) is 0 Å². The summed E-state index contributed by atoms with van der Waals surface area (Å²) >= 11 is 4.00. The van der Waals surface area contributed by atoms with E-state index in [4.69, 9.17) is 4.74 Å². The number of esters is 1. The number of thiol groups is 1. The van der Waals surface area contributed by atoms with Gasteiger partial charge in [-0.15, -0.1) is 0 Å². The van der Waals surface area contributed by atoms with Gasteiger partial charge in [-0.2, -0.15) is 4.98 Å². The molecule has 0 radical (unpaired) electrons. The second kappa shape index (κ2) is 5.00. The van der Waals surface area contributed by atoms with Crippen LogP contribution in [0.5, 0.6) is 5.75 Å². The number of benzene rings is 1. The van der Waals surface area contributed by atoms with Crippen molar-refractivity contribution < 1.29 is 28.4 Å². The molecule has 19 heavy (non-hydrogen) atoms. The van der Waals surface area contributed by atoms with E-state index in [0.717, 1.165) is 12.1 Å². The van der Waals surface area contributed by atoms with Gasteiger partial charge in [0.2, 0.25) is 5.52 Å². The number of halogens is 2. The lowest BCUT2D eigenvalue weighted by Crippen LogP contribution is -2.16. The lowest BCUT2D eigenvalue weighted by molar-refractivity contribution is -0.395. The molecule has 0 unspecified atom stereocenters. The first-order valence-corrected chi connectivity index (χ1v) is 5.83. The van der Waals surface area contributed by atoms with Gasteiger partial charge in [-0.25, -0.2) is 13.6 Å². The molecule has 0 atom stereocenters. The fourth-order valence-corrected chi connectivity index (χ4v) is 2.00. The Bertz CT molecular complexity index is 676. The van der Waals surface area contributed by atoms with E-state index in [1.807, 2.05) is 0 Å². The lowest BCUT2D eigenvalue weighted by Gasteiger charge is -2.06. The topological polar surface area (TPSA) is 60.7 Å². The Morgan fingerprint density at radius 3 is 2.68 bits per heavy atom. The van der Waals surface area contributed by atoms with Crippen LogP contribution in [0.15, 0.2) is 17.2 Å². The quantitative estimate of drug-likeness (QED) is 0.656. The minimum atomic E-state index is -1.13. The molecular weight excluding hydrogens is 276 g/mol. The second-order valence-electron chi connectivity index (χ2n) is 3.73. The summed E-state index contributed by atoms with van der Waals surface area (Å²) in [6.07, 6.45) is 0. The van der Waals surface area contributed by atoms with E-state index in [1.165, 1.54) is 0 Å². The summed E-state index contributed by atoms with van der Waals surface area (Å²) in [5, 5.41) is 9.96. The standard InChI is InChI=1S/C12H9F2NO3S/c1-2-18-12(17)9-10(16)5-3-6(13)7(14)4-8(5)15-11(9)19/h3-4H,2H2,1H3,(H2,15,16,19)/p+1. The fraction of sp³-hybridized carbons (Fsp3) is 0.167. The molecule has 1 heterocycles. The fourth-order valence-electron chi connectivity index (χ4n) is 1.68. The van der Waals surface area contributed by atoms with E-state index in [0.29, 0.717) is 0 Å². The average Bonchev–Trinajstić information content (AvgIpc) is 2.32. The van der Waals surface area contributed by atoms with Gasteiger partial charge >= 0.3 is 5.97 Å². The van der Waals surface area contributed by atoms with E-state index in [2.05, 4.69) is 17.6 Å². The number of rotatable bonds is 2. The number of pyridine rings is 1. The molecule has 2 aromatic rings. The minimum Gasteiger partial charge on any atom is -0.506 e. The van der Waals surface area contributed by atoms with Crippen molar-refractivity contribution in [3.05, 3.63) is 29.3 Å². The number of fused-ring (bicyclic) bond motifs is 1. The third-order valence-corrected chi connectivity index (χ3v) is 2.86. The van der Waals surface area contributed by atoms with Crippen LogP contribution in [-0.4, -0.2) is 17.7 Å². The molecule has 4 nitrogen and oxygen atoms in total. The van der Waals surface area contributed by atoms with Crippen LogP contribution in [0.25, 0.3) is 10.9 Å². The van der Waals surface area contributed by atoms with Crippen LogP contribution in [0.2, 0.25) is 0 Å². The van der Waals surface area contributed by atoms with Crippen molar-refractivity contribution in [3.8, 4) is 5.75 Å². The molecule has 0 saturated heterocycles. The van der Waals surface area contributed by atoms with Crippen molar-refractivity contribution in [2.45, 2.75) is 11.9 Å². The number of aromatic hydroxyl groups is 1. The molecule has 7 heteroatoms. The zero-order chi connectivity index (χ0) is 14.2. The van der Waals surface area contributed by atoms with E-state index < -0.39 is 23.4 Å². The molecule has 0 spiro atoms. The molecule has 2 rings (SSSR count). The van der Waals surface area contributed by atoms with Crippen LogP contribution >= 0.6 is 12.6 Å². The Morgan fingerprint density at radius 2 is 2.05 bits per heavy atom. The third kappa shape index (κ3) is 2.33. The Morgan fingerprint density at radius 1 is 1.42 bits per heavy atom. The summed E-state index contributed by atoms with van der Waals surface area (Å²) in [5.41, 5.74) is -0.0989. The molecule has 0 amide bonds. The van der Waals surface area contributed by atoms with Crippen molar-refractivity contribution in [2.24, 2.45) is 0 Å². The van der Waals surface area contributed by atoms with Gasteiger partial charge < -0.3 is 9.84 Å². The van der Waals surface area contributed by atoms with Gasteiger partial charge in [0.15, 0.2) is 22.9 Å². The van der Waals surface area contributed by atoms with Gasteiger partial charge in [0.25, 0.3) is 5.03 Å². The predicted molar refractivity (Wildman–Crippen MR) is 65.3 cm³/mol. The van der Waals surface area contributed by atoms with Gasteiger partial charge in [-0.05, 0) is 13.0 Å². The number of H-pyrrole nitrogens is 1. The van der Waals surface area contributed by atoms with Crippen molar-refractivity contribution in [1.82, 2.24) is 0 Å². The summed E-state index contributed by atoms with van der Waals surface area (Å²) in [4.78, 5) is 14.3. The highest BCUT2D eigenvalue weighted by atomic mass is 32.1. The summed E-state index contributed by atoms with van der Waals surface area (Å²) in [6, 6.07) is 1.67. The Balaban J connectivity index is 2.74. The first-order valence-electron chi connectivity index (χ1n) is 5.38. The van der Waals surface area contributed by atoms with Crippen LogP contribution in [-0.2, 0) is 4.74 Å². The van der Waals surface area contributed by atoms with E-state index >= 15 is 0 Å². The van der Waals surface area contributed by atoms with Crippen LogP contribution in [0.3, 0.4) is 0 Å². The van der Waals surface area contributed by atoms with Crippen molar-refractivity contribution in [3.63, 3.8) is 0 Å². The van der Waals surface area contributed by atoms with E-state index in [-0.39, 0.29) is 28.1 Å². The summed E-state index contributed by atoms with van der Waals surface area (Å²) < 4.78 is 31.0. The largest absolute Gasteiger partial charge is 0.506 e. The first-order chi connectivity index (χ1) is 8.95. The number of carbonyl (C=O) groups excluding carboxylic acids is 1. The highest BCUT2D eigenvalue weighted by molar-refractivity contribution is 7.80. The maximum Gasteiger partial charge on any atom is 0.349 e. The summed E-state index contributed by atoms with van der Waals surface area (Å²) in [5.74, 6) is -3.50. The van der Waals surface area contributed by atoms with Gasteiger partial charge in [0, 0.05) is 6.07 Å². The second-order valence-corrected chi connectivity index (χ2v) is 4.18. The molecule has 1 aromatic heterocycles. The number of hydrogen-bond acceptors (Lipinski definition) is 4. The summed E-state index contributed by atoms with van der Waals surface area (Å²) in [7, 11) is 0. The highest BCUT2D eigenvalue weighted by Crippen LogP contribution is 2.30. The average molecular weight is 286 g/mol. The molecular formula is C12H10F2NO3S+. The van der Waals surface area contributed by atoms with Gasteiger partial charge in [0.1, 0.15) is 0 Å². The maximum atomic E-state index is 13.2. The zero-order valence-corrected chi connectivity index (χ0v) is 10.7. The van der Waals surface area contributed by atoms with Crippen LogP contribution in [0.4, 0.5) is 8.78 Å². The summed E-state index contributed by atoms with van der Waals surface area (Å²) in [6.45, 7) is 1.72. The smallest absolute Gasteiger partial charge is 0.349 e. The van der Waals surface area contributed by atoms with Crippen molar-refractivity contribution in [2.75, 3.05) is 6.61 Å². The molecule has 0 bridgehead atoms. The van der Waals surface area contributed by atoms with Crippen molar-refractivity contribution in [1.29, 1.82) is 0 Å². The van der Waals surface area contributed by atoms with Gasteiger partial charge in [-0.1, -0.05) is 12.6 Å². The SMILES string of the molecule is CCOC(=O)c1c(S)[nH+]c2cc(F)c(F)cc2c1O. The number of carbonyl (C=O) groups is 1. The van der Waals surface area contributed by atoms with E-state index in [1.54, 1.807) is 6.92 Å². The minimum absolute atomic E-state index is 0.00876. The third-order valence-electron chi connectivity index (χ3n) is 2.52. The maximum absolute atomic E-state index is 13.2. The Kier molecular flexibility index (Phi) is 3.57. The molecule has 2 N–H and O–H groups in total. The normalized spacial score (nSPS) is 10.7. The highest BCUT2D eigenvalue weighted by Gasteiger charge is 2.26. The molecule has 0 aliphatic rings. The number of hydrogen-bond donors (Lipinski definition) is 2. The number of aromatic amines is 1. The monoisotopic (exact) mass is 286 g/mol. The van der Waals surface area contributed by atoms with Crippen LogP contribution in [0.1, 0.15) is 17.3 Å². The number of nitrogens with one attached hydrogen (secondary N) is 1. The predicted octanol–water partition coefficient (Wildman–Crippen LogP) is 2.10. The molecule has 1 aromatic carbocycles. The molecule has 0 aliphatic carbocycles. The zero-order valence-electron chi connectivity index (χ0n) is 9.83. The number of ether oxygens (including phenoxy) is 1. The first kappa shape index (κ1) is 13.5. The molecule has 0 saturated carbocycles. The van der Waals surface area contributed by atoms with Crippen molar-refractivity contribution >= 4 is 29.5 Å². The van der Waals surface area contributed by atoms with Crippen LogP contribution in [0, 0.1) is 11.6 Å². The molecule has 0 fully saturated rings. The Hall–Kier alpha value is -1.89. The number of aromatic nitrogens is 1. The molecule has 100 valence electrons. The Labute approximate surface area is 112 Å². The van der Waals surface area contributed by atoms with Crippen LogP contribution < -0.4 is 4.98 Å².